The zero-order chi connectivity index (χ0) is 13.9. The fraction of sp³-hybridized carbons (Fsp3) is 0.0833. The quantitative estimate of drug-likeness (QED) is 0.902. The van der Waals surface area contributed by atoms with Crippen LogP contribution in [0.25, 0.3) is 0 Å². The highest BCUT2D eigenvalue weighted by atomic mass is 32.2. The first-order valence-electron chi connectivity index (χ1n) is 5.39. The summed E-state index contributed by atoms with van der Waals surface area (Å²) in [5.41, 5.74) is 0.653. The molecule has 0 fully saturated rings. The van der Waals surface area contributed by atoms with E-state index in [1.165, 1.54) is 18.3 Å². The molecule has 0 saturated heterocycles. The Labute approximate surface area is 110 Å². The molecule has 2 aromatic rings. The molecule has 5 nitrogen and oxygen atoms in total. The summed E-state index contributed by atoms with van der Waals surface area (Å²) in [6, 6.07) is 9.30. The molecule has 0 aliphatic rings. The van der Waals surface area contributed by atoms with Crippen molar-refractivity contribution in [3.05, 3.63) is 48.4 Å². The second-order valence-electron chi connectivity index (χ2n) is 3.91. The van der Waals surface area contributed by atoms with Crippen molar-refractivity contribution in [2.24, 2.45) is 0 Å². The van der Waals surface area contributed by atoms with Gasteiger partial charge in [0.1, 0.15) is 11.6 Å². The average Bonchev–Trinajstić information content (AvgIpc) is 2.33. The topological polar surface area (TPSA) is 71.1 Å². The lowest BCUT2D eigenvalue weighted by Crippen LogP contribution is -2.09. The Balaban J connectivity index is 2.13. The number of nitrogens with one attached hydrogen (secondary N) is 2. The summed E-state index contributed by atoms with van der Waals surface area (Å²) in [6.45, 7) is 0. The molecular weight excluding hydrogens is 269 g/mol. The van der Waals surface area contributed by atoms with E-state index in [-0.39, 0.29) is 5.82 Å². The first kappa shape index (κ1) is 13.3. The van der Waals surface area contributed by atoms with Crippen molar-refractivity contribution < 1.29 is 12.8 Å². The molecule has 1 heterocycles. The third kappa shape index (κ3) is 3.92. The van der Waals surface area contributed by atoms with Crippen molar-refractivity contribution in [2.75, 3.05) is 16.3 Å². The number of nitrogens with zero attached hydrogens (tertiary/aromatic N) is 1. The third-order valence-electron chi connectivity index (χ3n) is 2.20. The zero-order valence-corrected chi connectivity index (χ0v) is 10.9. The van der Waals surface area contributed by atoms with Gasteiger partial charge in [-0.15, -0.1) is 0 Å². The molecule has 0 radical (unpaired) electrons. The van der Waals surface area contributed by atoms with Gasteiger partial charge in [-0.05, 0) is 24.3 Å². The Morgan fingerprint density at radius 3 is 2.47 bits per heavy atom. The number of aromatic nitrogens is 1. The Kier molecular flexibility index (Phi) is 3.66. The minimum atomic E-state index is -3.33. The standard InChI is InChI=1S/C12H12FN3O2S/c1-19(17,18)16-9-6-7-12(14-8-9)15-11-5-3-2-4-10(11)13/h2-8,16H,1H3,(H,14,15). The SMILES string of the molecule is CS(=O)(=O)Nc1ccc(Nc2ccccc2F)nc1. The van der Waals surface area contributed by atoms with Gasteiger partial charge in [0, 0.05) is 0 Å². The van der Waals surface area contributed by atoms with Gasteiger partial charge in [0.25, 0.3) is 0 Å². The molecule has 100 valence electrons. The molecule has 2 rings (SSSR count). The van der Waals surface area contributed by atoms with E-state index < -0.39 is 10.0 Å². The Hall–Kier alpha value is -2.15. The van der Waals surface area contributed by atoms with E-state index in [4.69, 9.17) is 0 Å². The van der Waals surface area contributed by atoms with E-state index in [1.54, 1.807) is 24.3 Å². The molecular formula is C12H12FN3O2S. The third-order valence-corrected chi connectivity index (χ3v) is 2.81. The lowest BCUT2D eigenvalue weighted by atomic mass is 10.3. The number of hydrogen-bond donors (Lipinski definition) is 2. The predicted octanol–water partition coefficient (Wildman–Crippen LogP) is 2.34. The summed E-state index contributed by atoms with van der Waals surface area (Å²) in [6.07, 6.45) is 2.41. The molecule has 1 aromatic heterocycles. The van der Waals surface area contributed by atoms with Crippen molar-refractivity contribution in [1.29, 1.82) is 0 Å². The van der Waals surface area contributed by atoms with Crippen molar-refractivity contribution >= 4 is 27.2 Å². The van der Waals surface area contributed by atoms with E-state index in [0.717, 1.165) is 6.26 Å². The van der Waals surface area contributed by atoms with Gasteiger partial charge in [-0.2, -0.15) is 0 Å². The van der Waals surface area contributed by atoms with Crippen LogP contribution in [0.3, 0.4) is 0 Å². The van der Waals surface area contributed by atoms with E-state index in [1.807, 2.05) is 0 Å². The minimum absolute atomic E-state index is 0.304. The Bertz CT molecular complexity index is 672. The number of sulfonamides is 1. The number of benzene rings is 1. The number of halogens is 1. The van der Waals surface area contributed by atoms with Crippen molar-refractivity contribution in [1.82, 2.24) is 4.98 Å². The normalized spacial score (nSPS) is 11.1. The van der Waals surface area contributed by atoms with E-state index >= 15 is 0 Å². The molecule has 7 heteroatoms. The summed E-state index contributed by atoms with van der Waals surface area (Å²) < 4.78 is 37.7. The summed E-state index contributed by atoms with van der Waals surface area (Å²) in [7, 11) is -3.33. The lowest BCUT2D eigenvalue weighted by Gasteiger charge is -2.08. The van der Waals surface area contributed by atoms with E-state index in [2.05, 4.69) is 15.0 Å². The number of hydrogen-bond acceptors (Lipinski definition) is 4. The van der Waals surface area contributed by atoms with Gasteiger partial charge in [-0.25, -0.2) is 17.8 Å². The highest BCUT2D eigenvalue weighted by Crippen LogP contribution is 2.19. The molecule has 0 atom stereocenters. The maximum atomic E-state index is 13.4. The van der Waals surface area contributed by atoms with Crippen LogP contribution in [0.5, 0.6) is 0 Å². The second kappa shape index (κ2) is 5.23. The molecule has 0 unspecified atom stereocenters. The molecule has 0 saturated carbocycles. The van der Waals surface area contributed by atoms with Crippen LogP contribution in [0.1, 0.15) is 0 Å². The van der Waals surface area contributed by atoms with Crippen LogP contribution in [0.2, 0.25) is 0 Å². The fourth-order valence-corrected chi connectivity index (χ4v) is 1.99. The van der Waals surface area contributed by atoms with Crippen LogP contribution < -0.4 is 10.0 Å². The van der Waals surface area contributed by atoms with Gasteiger partial charge in [-0.1, -0.05) is 12.1 Å². The van der Waals surface area contributed by atoms with Crippen LogP contribution in [-0.2, 0) is 10.0 Å². The second-order valence-corrected chi connectivity index (χ2v) is 5.66. The Morgan fingerprint density at radius 2 is 1.89 bits per heavy atom. The Morgan fingerprint density at radius 1 is 1.16 bits per heavy atom. The van der Waals surface area contributed by atoms with Gasteiger partial charge in [-0.3, -0.25) is 4.72 Å². The molecule has 0 spiro atoms. The number of pyridine rings is 1. The summed E-state index contributed by atoms with van der Waals surface area (Å²) in [4.78, 5) is 3.99. The van der Waals surface area contributed by atoms with Crippen molar-refractivity contribution in [2.45, 2.75) is 0 Å². The molecule has 0 aliphatic carbocycles. The van der Waals surface area contributed by atoms with Crippen molar-refractivity contribution in [3.63, 3.8) is 0 Å². The summed E-state index contributed by atoms with van der Waals surface area (Å²) >= 11 is 0. The molecule has 1 aromatic carbocycles. The molecule has 0 amide bonds. The zero-order valence-electron chi connectivity index (χ0n) is 10.1. The fourth-order valence-electron chi connectivity index (χ4n) is 1.44. The van der Waals surface area contributed by atoms with Crippen LogP contribution in [0.4, 0.5) is 21.6 Å². The predicted molar refractivity (Wildman–Crippen MR) is 72.4 cm³/mol. The maximum Gasteiger partial charge on any atom is 0.229 e. The average molecular weight is 281 g/mol. The smallest absolute Gasteiger partial charge is 0.229 e. The highest BCUT2D eigenvalue weighted by Gasteiger charge is 2.04. The number of para-hydroxylation sites is 1. The molecule has 19 heavy (non-hydrogen) atoms. The van der Waals surface area contributed by atoms with Gasteiger partial charge in [0.15, 0.2) is 0 Å². The molecule has 0 bridgehead atoms. The van der Waals surface area contributed by atoms with Crippen LogP contribution in [0, 0.1) is 5.82 Å². The number of anilines is 3. The highest BCUT2D eigenvalue weighted by molar-refractivity contribution is 7.92. The summed E-state index contributed by atoms with van der Waals surface area (Å²) in [5.74, 6) is 0.0341. The van der Waals surface area contributed by atoms with Crippen LogP contribution >= 0.6 is 0 Å². The van der Waals surface area contributed by atoms with Gasteiger partial charge in [0.2, 0.25) is 10.0 Å². The first-order valence-corrected chi connectivity index (χ1v) is 7.28. The largest absolute Gasteiger partial charge is 0.338 e. The summed E-state index contributed by atoms with van der Waals surface area (Å²) in [5, 5.41) is 2.80. The first-order chi connectivity index (χ1) is 8.94. The molecule has 0 aliphatic heterocycles. The molecule has 2 N–H and O–H groups in total. The minimum Gasteiger partial charge on any atom is -0.338 e. The monoisotopic (exact) mass is 281 g/mol. The lowest BCUT2D eigenvalue weighted by molar-refractivity contribution is 0.607. The van der Waals surface area contributed by atoms with E-state index in [0.29, 0.717) is 17.2 Å². The maximum absolute atomic E-state index is 13.4. The van der Waals surface area contributed by atoms with Gasteiger partial charge >= 0.3 is 0 Å². The van der Waals surface area contributed by atoms with Crippen molar-refractivity contribution in [3.8, 4) is 0 Å². The number of rotatable bonds is 4. The van der Waals surface area contributed by atoms with Crippen LogP contribution in [-0.4, -0.2) is 19.7 Å². The van der Waals surface area contributed by atoms with E-state index in [9.17, 15) is 12.8 Å². The van der Waals surface area contributed by atoms with Gasteiger partial charge < -0.3 is 5.32 Å². The van der Waals surface area contributed by atoms with Gasteiger partial charge in [0.05, 0.1) is 23.8 Å². The van der Waals surface area contributed by atoms with Crippen LogP contribution in [0.15, 0.2) is 42.6 Å².